The van der Waals surface area contributed by atoms with Gasteiger partial charge in [-0.3, -0.25) is 4.79 Å². The quantitative estimate of drug-likeness (QED) is 0.636. The first kappa shape index (κ1) is 16.5. The van der Waals surface area contributed by atoms with Gasteiger partial charge in [-0.15, -0.1) is 0 Å². The number of carboxylic acids is 1. The lowest BCUT2D eigenvalue weighted by Crippen LogP contribution is -2.28. The van der Waals surface area contributed by atoms with Crippen LogP contribution in [-0.4, -0.2) is 24.7 Å². The molecule has 0 fully saturated rings. The summed E-state index contributed by atoms with van der Waals surface area (Å²) in [6.45, 7) is -0.511. The predicted octanol–water partition coefficient (Wildman–Crippen LogP) is 1.23. The molecule has 2 aromatic rings. The van der Waals surface area contributed by atoms with Crippen LogP contribution in [0.15, 0.2) is 53.6 Å². The van der Waals surface area contributed by atoms with Crippen LogP contribution in [0.25, 0.3) is 0 Å². The Kier molecular flexibility index (Phi) is 5.71. The minimum absolute atomic E-state index is 0.377. The molecule has 0 unspecified atom stereocenters. The van der Waals surface area contributed by atoms with Crippen LogP contribution < -0.4 is 15.3 Å². The van der Waals surface area contributed by atoms with Gasteiger partial charge in [0.15, 0.2) is 0 Å². The molecule has 7 heteroatoms. The van der Waals surface area contributed by atoms with Gasteiger partial charge < -0.3 is 14.6 Å². The Labute approximate surface area is 137 Å². The molecular weight excluding hydrogens is 320 g/mol. The van der Waals surface area contributed by atoms with Gasteiger partial charge in [0.1, 0.15) is 12.4 Å². The molecule has 6 nitrogen and oxygen atoms in total. The molecule has 0 atom stereocenters. The molecule has 0 saturated carbocycles. The maximum atomic E-state index is 11.8. The molecule has 0 spiro atoms. The standard InChI is InChI=1S/C16H13ClN2O4/c17-13-3-1-2-12(8-13)16(22)19-18-9-11-4-6-14(7-5-11)23-10-15(20)21/h1-9H,10H2,(H,19,22)(H,20,21)/p-1/b18-9-. The average Bonchev–Trinajstić information content (AvgIpc) is 2.54. The summed E-state index contributed by atoms with van der Waals surface area (Å²) < 4.78 is 4.95. The number of benzene rings is 2. The van der Waals surface area contributed by atoms with Crippen LogP contribution in [0.4, 0.5) is 0 Å². The van der Waals surface area contributed by atoms with E-state index < -0.39 is 12.6 Å². The largest absolute Gasteiger partial charge is 0.546 e. The zero-order valence-electron chi connectivity index (χ0n) is 11.9. The van der Waals surface area contributed by atoms with Crippen molar-refractivity contribution in [2.75, 3.05) is 6.61 Å². The van der Waals surface area contributed by atoms with Crippen LogP contribution in [-0.2, 0) is 4.79 Å². The second-order valence-corrected chi connectivity index (χ2v) is 4.88. The molecule has 0 heterocycles. The Balaban J connectivity index is 1.90. The minimum atomic E-state index is -1.29. The second-order valence-electron chi connectivity index (χ2n) is 4.44. The lowest BCUT2D eigenvalue weighted by Gasteiger charge is -2.06. The molecule has 0 aromatic heterocycles. The van der Waals surface area contributed by atoms with Gasteiger partial charge in [0, 0.05) is 10.6 Å². The molecule has 2 aromatic carbocycles. The van der Waals surface area contributed by atoms with Crippen LogP contribution in [0.1, 0.15) is 15.9 Å². The Morgan fingerprint density at radius 3 is 2.61 bits per heavy atom. The molecule has 0 aliphatic heterocycles. The summed E-state index contributed by atoms with van der Waals surface area (Å²) in [5.74, 6) is -1.27. The number of rotatable bonds is 6. The van der Waals surface area contributed by atoms with Crippen molar-refractivity contribution in [3.63, 3.8) is 0 Å². The lowest BCUT2D eigenvalue weighted by atomic mass is 10.2. The summed E-state index contributed by atoms with van der Waals surface area (Å²) in [4.78, 5) is 22.1. The number of ether oxygens (including phenoxy) is 1. The van der Waals surface area contributed by atoms with Gasteiger partial charge in [-0.1, -0.05) is 17.7 Å². The summed E-state index contributed by atoms with van der Waals surface area (Å²) in [6, 6.07) is 13.0. The first-order valence-electron chi connectivity index (χ1n) is 6.56. The van der Waals surface area contributed by atoms with Gasteiger partial charge in [0.2, 0.25) is 0 Å². The predicted molar refractivity (Wildman–Crippen MR) is 83.5 cm³/mol. The summed E-state index contributed by atoms with van der Waals surface area (Å²) >= 11 is 5.81. The van der Waals surface area contributed by atoms with E-state index in [9.17, 15) is 14.7 Å². The molecule has 118 valence electrons. The Morgan fingerprint density at radius 2 is 1.96 bits per heavy atom. The van der Waals surface area contributed by atoms with Crippen LogP contribution in [0.5, 0.6) is 5.75 Å². The van der Waals surface area contributed by atoms with Crippen molar-refractivity contribution in [3.8, 4) is 5.75 Å². The van der Waals surface area contributed by atoms with E-state index in [0.717, 1.165) is 0 Å². The van der Waals surface area contributed by atoms with E-state index in [1.807, 2.05) is 0 Å². The van der Waals surface area contributed by atoms with Crippen LogP contribution >= 0.6 is 11.6 Å². The topological polar surface area (TPSA) is 90.8 Å². The molecule has 2 rings (SSSR count). The SMILES string of the molecule is O=C([O-])COc1ccc(/C=N\NC(=O)c2cccc(Cl)c2)cc1. The van der Waals surface area contributed by atoms with E-state index in [1.54, 1.807) is 42.5 Å². The smallest absolute Gasteiger partial charge is 0.271 e. The molecule has 1 amide bonds. The van der Waals surface area contributed by atoms with Crippen molar-refractivity contribution < 1.29 is 19.4 Å². The molecule has 0 aliphatic carbocycles. The van der Waals surface area contributed by atoms with E-state index in [1.165, 1.54) is 12.3 Å². The van der Waals surface area contributed by atoms with Crippen LogP contribution in [0.3, 0.4) is 0 Å². The number of nitrogens with one attached hydrogen (secondary N) is 1. The number of amides is 1. The van der Waals surface area contributed by atoms with Crippen LogP contribution in [0, 0.1) is 0 Å². The van der Waals surface area contributed by atoms with Crippen molar-refractivity contribution in [2.45, 2.75) is 0 Å². The third-order valence-electron chi connectivity index (χ3n) is 2.70. The first-order chi connectivity index (χ1) is 11.0. The number of aliphatic carboxylic acids is 1. The monoisotopic (exact) mass is 331 g/mol. The van der Waals surface area contributed by atoms with Crippen molar-refractivity contribution in [2.24, 2.45) is 5.10 Å². The van der Waals surface area contributed by atoms with Gasteiger partial charge in [0.05, 0.1) is 12.2 Å². The average molecular weight is 332 g/mol. The van der Waals surface area contributed by atoms with E-state index in [4.69, 9.17) is 16.3 Å². The van der Waals surface area contributed by atoms with E-state index in [0.29, 0.717) is 21.9 Å². The van der Waals surface area contributed by atoms with Gasteiger partial charge >= 0.3 is 0 Å². The number of hydrogen-bond acceptors (Lipinski definition) is 5. The highest BCUT2D eigenvalue weighted by molar-refractivity contribution is 6.30. The highest BCUT2D eigenvalue weighted by Crippen LogP contribution is 2.11. The maximum Gasteiger partial charge on any atom is 0.271 e. The third-order valence-corrected chi connectivity index (χ3v) is 2.94. The normalized spacial score (nSPS) is 10.5. The fourth-order valence-corrected chi connectivity index (χ4v) is 1.84. The molecule has 1 N–H and O–H groups in total. The summed E-state index contributed by atoms with van der Waals surface area (Å²) in [5.41, 5.74) is 3.49. The van der Waals surface area contributed by atoms with Gasteiger partial charge in [-0.2, -0.15) is 5.10 Å². The van der Waals surface area contributed by atoms with Gasteiger partial charge in [0.25, 0.3) is 5.91 Å². The number of carbonyl (C=O) groups excluding carboxylic acids is 2. The number of hydrogen-bond donors (Lipinski definition) is 1. The lowest BCUT2D eigenvalue weighted by molar-refractivity contribution is -0.307. The highest BCUT2D eigenvalue weighted by Gasteiger charge is 2.03. The van der Waals surface area contributed by atoms with E-state index in [-0.39, 0.29) is 5.91 Å². The highest BCUT2D eigenvalue weighted by atomic mass is 35.5. The Hall–Kier alpha value is -2.86. The molecule has 0 bridgehead atoms. The van der Waals surface area contributed by atoms with E-state index in [2.05, 4.69) is 10.5 Å². The zero-order chi connectivity index (χ0) is 16.7. The molecule has 0 aliphatic rings. The van der Waals surface area contributed by atoms with Gasteiger partial charge in [-0.25, -0.2) is 5.43 Å². The minimum Gasteiger partial charge on any atom is -0.546 e. The maximum absolute atomic E-state index is 11.8. The summed E-state index contributed by atoms with van der Waals surface area (Å²) in [7, 11) is 0. The summed E-state index contributed by atoms with van der Waals surface area (Å²) in [5, 5.41) is 14.6. The summed E-state index contributed by atoms with van der Waals surface area (Å²) in [6.07, 6.45) is 1.45. The molecule has 23 heavy (non-hydrogen) atoms. The Bertz CT molecular complexity index is 729. The number of hydrazone groups is 1. The van der Waals surface area contributed by atoms with Crippen molar-refractivity contribution in [1.29, 1.82) is 0 Å². The number of nitrogens with zero attached hydrogens (tertiary/aromatic N) is 1. The van der Waals surface area contributed by atoms with Crippen LogP contribution in [0.2, 0.25) is 5.02 Å². The Morgan fingerprint density at radius 1 is 1.22 bits per heavy atom. The molecule has 0 radical (unpaired) electrons. The number of carbonyl (C=O) groups is 2. The van der Waals surface area contributed by atoms with E-state index >= 15 is 0 Å². The fraction of sp³-hybridized carbons (Fsp3) is 0.0625. The fourth-order valence-electron chi connectivity index (χ4n) is 1.65. The van der Waals surface area contributed by atoms with Crippen molar-refractivity contribution in [1.82, 2.24) is 5.43 Å². The zero-order valence-corrected chi connectivity index (χ0v) is 12.6. The molecule has 0 saturated heterocycles. The second kappa shape index (κ2) is 7.95. The third kappa shape index (κ3) is 5.44. The first-order valence-corrected chi connectivity index (χ1v) is 6.94. The van der Waals surface area contributed by atoms with Crippen molar-refractivity contribution in [3.05, 3.63) is 64.7 Å². The number of halogens is 1. The van der Waals surface area contributed by atoms with Crippen molar-refractivity contribution >= 4 is 29.7 Å². The number of carboxylic acid groups (broad SMARTS) is 1. The molecular formula is C16H12ClN2O4-. The van der Waals surface area contributed by atoms with Gasteiger partial charge in [-0.05, 0) is 48.0 Å².